The first-order valence-electron chi connectivity index (χ1n) is 3.57. The standard InChI is InChI=1S/C8H8ClFN2O/c9-6-2-1-3-7(10)5(6)4-12-8(11)13/h1-3H,4H2,(H3,11,12,13). The first kappa shape index (κ1) is 9.80. The van der Waals surface area contributed by atoms with Gasteiger partial charge in [0.2, 0.25) is 0 Å². The molecular formula is C8H8ClFN2O. The first-order valence-corrected chi connectivity index (χ1v) is 3.95. The van der Waals surface area contributed by atoms with Gasteiger partial charge in [-0.2, -0.15) is 0 Å². The Labute approximate surface area is 79.7 Å². The number of carbonyl (C=O) groups excluding carboxylic acids is 1. The Kier molecular flexibility index (Phi) is 3.08. The highest BCUT2D eigenvalue weighted by atomic mass is 35.5. The number of hydrogen-bond donors (Lipinski definition) is 2. The molecule has 5 heteroatoms. The van der Waals surface area contributed by atoms with Gasteiger partial charge in [0.1, 0.15) is 5.82 Å². The Morgan fingerprint density at radius 2 is 2.31 bits per heavy atom. The maximum absolute atomic E-state index is 13.0. The summed E-state index contributed by atoms with van der Waals surface area (Å²) in [5, 5.41) is 2.53. The van der Waals surface area contributed by atoms with E-state index in [1.165, 1.54) is 12.1 Å². The summed E-state index contributed by atoms with van der Waals surface area (Å²) in [6, 6.07) is 3.59. The van der Waals surface area contributed by atoms with Gasteiger partial charge in [-0.05, 0) is 12.1 Å². The summed E-state index contributed by atoms with van der Waals surface area (Å²) >= 11 is 5.68. The van der Waals surface area contributed by atoms with E-state index >= 15 is 0 Å². The lowest BCUT2D eigenvalue weighted by atomic mass is 10.2. The van der Waals surface area contributed by atoms with Crippen molar-refractivity contribution in [2.45, 2.75) is 6.54 Å². The minimum atomic E-state index is -0.709. The van der Waals surface area contributed by atoms with Crippen molar-refractivity contribution < 1.29 is 9.18 Å². The predicted molar refractivity (Wildman–Crippen MR) is 47.8 cm³/mol. The van der Waals surface area contributed by atoms with Crippen molar-refractivity contribution in [2.24, 2.45) is 5.73 Å². The summed E-state index contributed by atoms with van der Waals surface area (Å²) in [6.07, 6.45) is 0. The highest BCUT2D eigenvalue weighted by Gasteiger charge is 2.06. The summed E-state index contributed by atoms with van der Waals surface area (Å²) < 4.78 is 13.0. The van der Waals surface area contributed by atoms with E-state index in [0.29, 0.717) is 0 Å². The molecule has 0 fully saturated rings. The lowest BCUT2D eigenvalue weighted by Gasteiger charge is -2.05. The lowest BCUT2D eigenvalue weighted by molar-refractivity contribution is 0.248. The normalized spacial score (nSPS) is 9.69. The Morgan fingerprint density at radius 3 is 2.85 bits per heavy atom. The van der Waals surface area contributed by atoms with Crippen LogP contribution in [-0.2, 0) is 6.54 Å². The van der Waals surface area contributed by atoms with Crippen LogP contribution in [0.1, 0.15) is 5.56 Å². The van der Waals surface area contributed by atoms with Crippen LogP contribution in [0.15, 0.2) is 18.2 Å². The summed E-state index contributed by atoms with van der Waals surface area (Å²) in [7, 11) is 0. The average Bonchev–Trinajstić information content (AvgIpc) is 2.03. The van der Waals surface area contributed by atoms with Crippen LogP contribution in [0, 0.1) is 5.82 Å². The van der Waals surface area contributed by atoms with Gasteiger partial charge in [0, 0.05) is 17.1 Å². The second kappa shape index (κ2) is 4.09. The van der Waals surface area contributed by atoms with Gasteiger partial charge in [-0.1, -0.05) is 17.7 Å². The summed E-state index contributed by atoms with van der Waals surface area (Å²) in [4.78, 5) is 10.3. The summed E-state index contributed by atoms with van der Waals surface area (Å²) in [5.41, 5.74) is 5.06. The van der Waals surface area contributed by atoms with E-state index in [4.69, 9.17) is 17.3 Å². The maximum atomic E-state index is 13.0. The van der Waals surface area contributed by atoms with Crippen LogP contribution in [0.3, 0.4) is 0 Å². The van der Waals surface area contributed by atoms with E-state index in [1.54, 1.807) is 6.07 Å². The molecule has 0 atom stereocenters. The van der Waals surface area contributed by atoms with Crippen molar-refractivity contribution in [3.63, 3.8) is 0 Å². The van der Waals surface area contributed by atoms with Crippen molar-refractivity contribution in [3.8, 4) is 0 Å². The van der Waals surface area contributed by atoms with Crippen LogP contribution in [0.4, 0.5) is 9.18 Å². The molecule has 0 spiro atoms. The SMILES string of the molecule is NC(=O)NCc1c(F)cccc1Cl. The fraction of sp³-hybridized carbons (Fsp3) is 0.125. The van der Waals surface area contributed by atoms with E-state index < -0.39 is 11.8 Å². The molecule has 3 N–H and O–H groups in total. The van der Waals surface area contributed by atoms with E-state index in [1.807, 2.05) is 0 Å². The molecule has 13 heavy (non-hydrogen) atoms. The van der Waals surface area contributed by atoms with Crippen molar-refractivity contribution in [3.05, 3.63) is 34.6 Å². The van der Waals surface area contributed by atoms with Crippen LogP contribution in [-0.4, -0.2) is 6.03 Å². The fourth-order valence-electron chi connectivity index (χ4n) is 0.877. The van der Waals surface area contributed by atoms with Crippen molar-refractivity contribution in [2.75, 3.05) is 0 Å². The second-order valence-corrected chi connectivity index (χ2v) is 2.83. The van der Waals surface area contributed by atoms with E-state index in [9.17, 15) is 9.18 Å². The molecule has 0 heterocycles. The molecule has 0 aromatic heterocycles. The molecule has 2 amide bonds. The molecule has 1 aromatic carbocycles. The lowest BCUT2D eigenvalue weighted by Crippen LogP contribution is -2.29. The number of rotatable bonds is 2. The number of primary amides is 1. The Hall–Kier alpha value is -1.29. The highest BCUT2D eigenvalue weighted by Crippen LogP contribution is 2.18. The molecular weight excluding hydrogens is 195 g/mol. The highest BCUT2D eigenvalue weighted by molar-refractivity contribution is 6.31. The molecule has 3 nitrogen and oxygen atoms in total. The second-order valence-electron chi connectivity index (χ2n) is 2.42. The Balaban J connectivity index is 2.81. The predicted octanol–water partition coefficient (Wildman–Crippen LogP) is 1.65. The smallest absolute Gasteiger partial charge is 0.312 e. The van der Waals surface area contributed by atoms with Crippen molar-refractivity contribution in [1.29, 1.82) is 0 Å². The monoisotopic (exact) mass is 202 g/mol. The largest absolute Gasteiger partial charge is 0.352 e. The minimum absolute atomic E-state index is 0.000833. The zero-order valence-electron chi connectivity index (χ0n) is 6.68. The van der Waals surface area contributed by atoms with Gasteiger partial charge in [0.25, 0.3) is 0 Å². The summed E-state index contributed by atoms with van der Waals surface area (Å²) in [6.45, 7) is 0.000833. The molecule has 0 radical (unpaired) electrons. The molecule has 0 aliphatic rings. The molecule has 0 unspecified atom stereocenters. The van der Waals surface area contributed by atoms with Crippen LogP contribution in [0.25, 0.3) is 0 Å². The van der Waals surface area contributed by atoms with Gasteiger partial charge < -0.3 is 11.1 Å². The van der Waals surface area contributed by atoms with Gasteiger partial charge in [-0.25, -0.2) is 9.18 Å². The van der Waals surface area contributed by atoms with Crippen LogP contribution >= 0.6 is 11.6 Å². The van der Waals surface area contributed by atoms with Crippen LogP contribution in [0.2, 0.25) is 5.02 Å². The molecule has 0 saturated carbocycles. The third kappa shape index (κ3) is 2.59. The zero-order chi connectivity index (χ0) is 9.84. The number of hydrogen-bond acceptors (Lipinski definition) is 1. The number of nitrogens with two attached hydrogens (primary N) is 1. The molecule has 0 aliphatic heterocycles. The number of urea groups is 1. The average molecular weight is 203 g/mol. The molecule has 1 aromatic rings. The third-order valence-corrected chi connectivity index (χ3v) is 1.86. The van der Waals surface area contributed by atoms with Gasteiger partial charge in [-0.15, -0.1) is 0 Å². The van der Waals surface area contributed by atoms with Crippen molar-refractivity contribution in [1.82, 2.24) is 5.32 Å². The van der Waals surface area contributed by atoms with Gasteiger partial charge in [-0.3, -0.25) is 0 Å². The quantitative estimate of drug-likeness (QED) is 0.753. The fourth-order valence-corrected chi connectivity index (χ4v) is 1.11. The number of benzene rings is 1. The number of amides is 2. The van der Waals surface area contributed by atoms with Gasteiger partial charge in [0.05, 0.1) is 0 Å². The molecule has 0 saturated heterocycles. The number of nitrogens with one attached hydrogen (secondary N) is 1. The van der Waals surface area contributed by atoms with Crippen LogP contribution in [0.5, 0.6) is 0 Å². The third-order valence-electron chi connectivity index (χ3n) is 1.50. The first-order chi connectivity index (χ1) is 6.11. The summed E-state index contributed by atoms with van der Waals surface area (Å²) in [5.74, 6) is -0.457. The van der Waals surface area contributed by atoms with E-state index in [0.717, 1.165) is 0 Å². The number of carbonyl (C=O) groups is 1. The maximum Gasteiger partial charge on any atom is 0.312 e. The Morgan fingerprint density at radius 1 is 1.62 bits per heavy atom. The van der Waals surface area contributed by atoms with Crippen molar-refractivity contribution >= 4 is 17.6 Å². The van der Waals surface area contributed by atoms with E-state index in [-0.39, 0.29) is 17.1 Å². The molecule has 0 aliphatic carbocycles. The molecule has 1 rings (SSSR count). The number of halogens is 2. The Bertz CT molecular complexity index is 310. The topological polar surface area (TPSA) is 55.1 Å². The minimum Gasteiger partial charge on any atom is -0.352 e. The molecule has 0 bridgehead atoms. The molecule has 70 valence electrons. The van der Waals surface area contributed by atoms with Gasteiger partial charge in [0.15, 0.2) is 0 Å². The van der Waals surface area contributed by atoms with E-state index in [2.05, 4.69) is 5.32 Å². The zero-order valence-corrected chi connectivity index (χ0v) is 7.44. The van der Waals surface area contributed by atoms with Crippen LogP contribution < -0.4 is 11.1 Å². The van der Waals surface area contributed by atoms with Gasteiger partial charge >= 0.3 is 6.03 Å².